The SMILES string of the molecule is C.COc1ccc(-c2cccc3c2/C(=C/c2[nH]c(C)c(C4CCNCC4)c2C)C(=O)N3)cc1OC. The summed E-state index contributed by atoms with van der Waals surface area (Å²) in [5, 5.41) is 6.50. The average Bonchev–Trinajstić information content (AvgIpc) is 3.33. The smallest absolute Gasteiger partial charge is 0.256 e. The Morgan fingerprint density at radius 3 is 2.46 bits per heavy atom. The Hall–Kier alpha value is -3.51. The summed E-state index contributed by atoms with van der Waals surface area (Å²) in [5.41, 5.74) is 9.18. The van der Waals surface area contributed by atoms with Gasteiger partial charge in [-0.3, -0.25) is 4.79 Å². The summed E-state index contributed by atoms with van der Waals surface area (Å²) in [6, 6.07) is 11.8. The highest BCUT2D eigenvalue weighted by Crippen LogP contribution is 2.43. The Labute approximate surface area is 207 Å². The van der Waals surface area contributed by atoms with Crippen molar-refractivity contribution >= 4 is 23.2 Å². The zero-order chi connectivity index (χ0) is 23.8. The first-order valence-electron chi connectivity index (χ1n) is 11.8. The van der Waals surface area contributed by atoms with E-state index in [2.05, 4.69) is 29.5 Å². The number of hydrogen-bond donors (Lipinski definition) is 3. The third-order valence-corrected chi connectivity index (χ3v) is 7.09. The number of carbonyl (C=O) groups excluding carboxylic acids is 1. The number of nitrogens with one attached hydrogen (secondary N) is 3. The van der Waals surface area contributed by atoms with Crippen molar-refractivity contribution in [2.24, 2.45) is 0 Å². The second-order valence-electron chi connectivity index (χ2n) is 9.04. The Morgan fingerprint density at radius 2 is 1.74 bits per heavy atom. The fourth-order valence-electron chi connectivity index (χ4n) is 5.43. The van der Waals surface area contributed by atoms with Gasteiger partial charge in [0.1, 0.15) is 0 Å². The molecule has 6 heteroatoms. The first-order chi connectivity index (χ1) is 16.5. The van der Waals surface area contributed by atoms with Gasteiger partial charge in [0, 0.05) is 22.6 Å². The number of ether oxygens (including phenoxy) is 2. The first-order valence-corrected chi connectivity index (χ1v) is 11.8. The van der Waals surface area contributed by atoms with Crippen molar-refractivity contribution in [3.05, 3.63) is 64.5 Å². The highest BCUT2D eigenvalue weighted by Gasteiger charge is 2.29. The van der Waals surface area contributed by atoms with Crippen LogP contribution in [0.2, 0.25) is 0 Å². The lowest BCUT2D eigenvalue weighted by Gasteiger charge is -2.23. The Morgan fingerprint density at radius 1 is 1.00 bits per heavy atom. The third kappa shape index (κ3) is 4.34. The second kappa shape index (κ2) is 10.0. The van der Waals surface area contributed by atoms with E-state index < -0.39 is 0 Å². The van der Waals surface area contributed by atoms with Crippen molar-refractivity contribution in [1.82, 2.24) is 10.3 Å². The van der Waals surface area contributed by atoms with Crippen molar-refractivity contribution < 1.29 is 14.3 Å². The molecule has 3 heterocycles. The summed E-state index contributed by atoms with van der Waals surface area (Å²) in [5.74, 6) is 1.80. The first kappa shape index (κ1) is 24.6. The zero-order valence-corrected chi connectivity index (χ0v) is 20.2. The van der Waals surface area contributed by atoms with Crippen LogP contribution in [0.3, 0.4) is 0 Å². The summed E-state index contributed by atoms with van der Waals surface area (Å²) < 4.78 is 10.9. The predicted octanol–water partition coefficient (Wildman–Crippen LogP) is 5.91. The number of piperidine rings is 1. The number of amides is 1. The van der Waals surface area contributed by atoms with Gasteiger partial charge in [-0.2, -0.15) is 0 Å². The van der Waals surface area contributed by atoms with E-state index in [1.807, 2.05) is 42.5 Å². The molecule has 0 unspecified atom stereocenters. The van der Waals surface area contributed by atoms with Crippen LogP contribution in [-0.4, -0.2) is 38.2 Å². The maximum absolute atomic E-state index is 13.1. The van der Waals surface area contributed by atoms with Crippen molar-refractivity contribution in [3.8, 4) is 22.6 Å². The molecule has 5 rings (SSSR count). The fraction of sp³-hybridized carbons (Fsp3) is 0.345. The van der Waals surface area contributed by atoms with Crippen molar-refractivity contribution in [1.29, 1.82) is 0 Å². The molecule has 0 atom stereocenters. The van der Waals surface area contributed by atoms with Gasteiger partial charge in [0.2, 0.25) is 0 Å². The number of rotatable bonds is 5. The molecular weight excluding hydrogens is 438 g/mol. The lowest BCUT2D eigenvalue weighted by molar-refractivity contribution is -0.110. The highest BCUT2D eigenvalue weighted by atomic mass is 16.5. The van der Waals surface area contributed by atoms with Crippen LogP contribution in [0.4, 0.5) is 5.69 Å². The normalized spacial score (nSPS) is 16.6. The predicted molar refractivity (Wildman–Crippen MR) is 143 cm³/mol. The Balaban J connectivity index is 0.00000289. The number of anilines is 1. The van der Waals surface area contributed by atoms with E-state index in [1.165, 1.54) is 16.8 Å². The number of carbonyl (C=O) groups is 1. The zero-order valence-electron chi connectivity index (χ0n) is 20.2. The highest BCUT2D eigenvalue weighted by molar-refractivity contribution is 6.36. The van der Waals surface area contributed by atoms with Crippen LogP contribution in [0.15, 0.2) is 36.4 Å². The molecule has 1 aromatic heterocycles. The monoisotopic (exact) mass is 473 g/mol. The van der Waals surface area contributed by atoms with Crippen LogP contribution < -0.4 is 20.1 Å². The standard InChI is InChI=1S/C28H31N3O3.CH4/c1-16-23(30-17(2)26(16)18-10-12-29-13-11-18)15-21-27-20(6-5-7-22(27)31-28(21)32)19-8-9-24(33-3)25(14-19)34-4;/h5-9,14-15,18,29-30H,10-13H2,1-4H3,(H,31,32);1H4/b21-15-;. The second-order valence-corrected chi connectivity index (χ2v) is 9.04. The van der Waals surface area contributed by atoms with Gasteiger partial charge >= 0.3 is 0 Å². The number of aryl methyl sites for hydroxylation is 1. The summed E-state index contributed by atoms with van der Waals surface area (Å²) in [4.78, 5) is 16.7. The quantitative estimate of drug-likeness (QED) is 0.403. The van der Waals surface area contributed by atoms with Crippen LogP contribution in [0.1, 0.15) is 54.3 Å². The van der Waals surface area contributed by atoms with Gasteiger partial charge in [-0.25, -0.2) is 0 Å². The van der Waals surface area contributed by atoms with Crippen LogP contribution in [0.5, 0.6) is 11.5 Å². The molecule has 0 bridgehead atoms. The van der Waals surface area contributed by atoms with Crippen molar-refractivity contribution in [2.45, 2.75) is 40.0 Å². The molecule has 35 heavy (non-hydrogen) atoms. The van der Waals surface area contributed by atoms with Crippen molar-refractivity contribution in [2.75, 3.05) is 32.6 Å². The van der Waals surface area contributed by atoms with E-state index in [-0.39, 0.29) is 13.3 Å². The van der Waals surface area contributed by atoms with Gasteiger partial charge in [-0.1, -0.05) is 25.6 Å². The van der Waals surface area contributed by atoms with Crippen LogP contribution in [0.25, 0.3) is 22.8 Å². The molecule has 0 radical (unpaired) electrons. The van der Waals surface area contributed by atoms with E-state index in [9.17, 15) is 4.79 Å². The summed E-state index contributed by atoms with van der Waals surface area (Å²) in [6.45, 7) is 6.41. The molecule has 6 nitrogen and oxygen atoms in total. The number of H-pyrrole nitrogens is 1. The van der Waals surface area contributed by atoms with E-state index in [1.54, 1.807) is 14.2 Å². The van der Waals surface area contributed by atoms with E-state index in [0.717, 1.165) is 54.0 Å². The third-order valence-electron chi connectivity index (χ3n) is 7.09. The minimum Gasteiger partial charge on any atom is -0.493 e. The van der Waals surface area contributed by atoms with Crippen LogP contribution in [-0.2, 0) is 4.79 Å². The molecule has 3 aromatic rings. The number of aromatic nitrogens is 1. The van der Waals surface area contributed by atoms with Crippen molar-refractivity contribution in [3.63, 3.8) is 0 Å². The number of methoxy groups -OCH3 is 2. The molecule has 2 aliphatic rings. The minimum absolute atomic E-state index is 0. The number of benzene rings is 2. The molecule has 1 amide bonds. The van der Waals surface area contributed by atoms with E-state index >= 15 is 0 Å². The number of hydrogen-bond acceptors (Lipinski definition) is 4. The summed E-state index contributed by atoms with van der Waals surface area (Å²) >= 11 is 0. The molecule has 2 aromatic carbocycles. The topological polar surface area (TPSA) is 75.4 Å². The number of aromatic amines is 1. The maximum atomic E-state index is 13.1. The van der Waals surface area contributed by atoms with Gasteiger partial charge in [-0.05, 0) is 92.2 Å². The Bertz CT molecular complexity index is 1280. The molecular formula is C29H35N3O3. The molecule has 0 spiro atoms. The minimum atomic E-state index is -0.0852. The maximum Gasteiger partial charge on any atom is 0.256 e. The lowest BCUT2D eigenvalue weighted by atomic mass is 9.87. The van der Waals surface area contributed by atoms with Gasteiger partial charge in [0.05, 0.1) is 19.8 Å². The van der Waals surface area contributed by atoms with Crippen LogP contribution in [0, 0.1) is 13.8 Å². The average molecular weight is 474 g/mol. The molecule has 2 aliphatic heterocycles. The summed E-state index contributed by atoms with van der Waals surface area (Å²) in [7, 11) is 3.25. The molecule has 0 saturated carbocycles. The number of fused-ring (bicyclic) bond motifs is 1. The summed E-state index contributed by atoms with van der Waals surface area (Å²) in [6.07, 6.45) is 4.29. The molecule has 1 saturated heterocycles. The molecule has 1 fully saturated rings. The van der Waals surface area contributed by atoms with Gasteiger partial charge in [0.25, 0.3) is 5.91 Å². The molecule has 3 N–H and O–H groups in total. The van der Waals surface area contributed by atoms with E-state index in [0.29, 0.717) is 23.0 Å². The largest absolute Gasteiger partial charge is 0.493 e. The molecule has 184 valence electrons. The van der Waals surface area contributed by atoms with Gasteiger partial charge in [0.15, 0.2) is 11.5 Å². The van der Waals surface area contributed by atoms with Crippen LogP contribution >= 0.6 is 0 Å². The lowest BCUT2D eigenvalue weighted by Crippen LogP contribution is -2.27. The Kier molecular flexibility index (Phi) is 7.03. The fourth-order valence-corrected chi connectivity index (χ4v) is 5.43. The van der Waals surface area contributed by atoms with Gasteiger partial charge in [-0.15, -0.1) is 0 Å². The van der Waals surface area contributed by atoms with E-state index in [4.69, 9.17) is 9.47 Å². The van der Waals surface area contributed by atoms with Gasteiger partial charge < -0.3 is 25.1 Å². The molecule has 0 aliphatic carbocycles.